The fourth-order valence-corrected chi connectivity index (χ4v) is 4.70. The predicted octanol–water partition coefficient (Wildman–Crippen LogP) is 4.50. The summed E-state index contributed by atoms with van der Waals surface area (Å²) in [6.07, 6.45) is 1.62. The van der Waals surface area contributed by atoms with E-state index in [-0.39, 0.29) is 5.91 Å². The second-order valence-corrected chi connectivity index (χ2v) is 7.69. The van der Waals surface area contributed by atoms with Crippen LogP contribution in [0.3, 0.4) is 0 Å². The van der Waals surface area contributed by atoms with Crippen molar-refractivity contribution in [2.24, 2.45) is 0 Å². The standard InChI is InChI=1S/C15H16BrNO3S/c16-9-3-4-10-17-15(18)14-12-6-2-1-5-11(12)7-8-13(14)21(17,19)20/h1-2,5-8,19-20H,3-4,9-10H2. The molecule has 0 aromatic heterocycles. The van der Waals surface area contributed by atoms with Crippen molar-refractivity contribution in [1.29, 1.82) is 0 Å². The van der Waals surface area contributed by atoms with Gasteiger partial charge in [0.25, 0.3) is 5.91 Å². The van der Waals surface area contributed by atoms with Crippen LogP contribution in [-0.4, -0.2) is 31.2 Å². The molecule has 0 unspecified atom stereocenters. The summed E-state index contributed by atoms with van der Waals surface area (Å²) in [5, 5.41) is 2.55. The largest absolute Gasteiger partial charge is 0.277 e. The van der Waals surface area contributed by atoms with E-state index < -0.39 is 10.8 Å². The van der Waals surface area contributed by atoms with Crippen molar-refractivity contribution in [3.63, 3.8) is 0 Å². The molecule has 0 bridgehead atoms. The quantitative estimate of drug-likeness (QED) is 0.616. The van der Waals surface area contributed by atoms with E-state index in [2.05, 4.69) is 15.9 Å². The number of unbranched alkanes of at least 4 members (excludes halogenated alkanes) is 1. The van der Waals surface area contributed by atoms with Crippen LogP contribution >= 0.6 is 26.7 Å². The van der Waals surface area contributed by atoms with Gasteiger partial charge in [-0.1, -0.05) is 57.0 Å². The second kappa shape index (κ2) is 5.61. The van der Waals surface area contributed by atoms with Gasteiger partial charge in [0.1, 0.15) is 0 Å². The predicted molar refractivity (Wildman–Crippen MR) is 89.1 cm³/mol. The molecule has 2 aromatic rings. The first kappa shape index (κ1) is 14.8. The minimum Gasteiger partial charge on any atom is -0.277 e. The summed E-state index contributed by atoms with van der Waals surface area (Å²) in [5.41, 5.74) is 0.437. The van der Waals surface area contributed by atoms with Crippen LogP contribution in [0.5, 0.6) is 0 Å². The molecule has 0 aliphatic carbocycles. The van der Waals surface area contributed by atoms with Crippen LogP contribution in [0.2, 0.25) is 0 Å². The molecular formula is C15H16BrNO3S. The molecule has 0 saturated carbocycles. The molecule has 0 fully saturated rings. The zero-order valence-electron chi connectivity index (χ0n) is 11.3. The van der Waals surface area contributed by atoms with Crippen molar-refractivity contribution in [1.82, 2.24) is 4.31 Å². The molecule has 1 aliphatic heterocycles. The highest BCUT2D eigenvalue weighted by molar-refractivity contribution is 9.09. The lowest BCUT2D eigenvalue weighted by Crippen LogP contribution is -2.28. The smallest absolute Gasteiger partial charge is 0.274 e. The van der Waals surface area contributed by atoms with Crippen LogP contribution < -0.4 is 0 Å². The van der Waals surface area contributed by atoms with Gasteiger partial charge >= 0.3 is 0 Å². The van der Waals surface area contributed by atoms with Crippen molar-refractivity contribution >= 4 is 43.4 Å². The summed E-state index contributed by atoms with van der Waals surface area (Å²) >= 11 is 3.34. The summed E-state index contributed by atoms with van der Waals surface area (Å²) in [7, 11) is -3.20. The minimum atomic E-state index is -3.20. The third-order valence-electron chi connectivity index (χ3n) is 3.68. The SMILES string of the molecule is O=C1c2c(ccc3ccccc23)S(O)(O)N1CCCCBr. The third-order valence-corrected chi connectivity index (χ3v) is 6.13. The second-order valence-electron chi connectivity index (χ2n) is 4.98. The molecule has 2 aromatic carbocycles. The average Bonchev–Trinajstić information content (AvgIpc) is 2.68. The van der Waals surface area contributed by atoms with Crippen molar-refractivity contribution in [2.75, 3.05) is 11.9 Å². The average molecular weight is 370 g/mol. The molecule has 6 heteroatoms. The number of amides is 1. The number of benzene rings is 2. The zero-order valence-corrected chi connectivity index (χ0v) is 13.7. The van der Waals surface area contributed by atoms with Gasteiger partial charge in [0.05, 0.1) is 10.5 Å². The molecule has 0 radical (unpaired) electrons. The third kappa shape index (κ3) is 2.36. The molecule has 0 saturated heterocycles. The Bertz CT molecular complexity index is 704. The van der Waals surface area contributed by atoms with E-state index in [9.17, 15) is 13.9 Å². The highest BCUT2D eigenvalue weighted by atomic mass is 79.9. The minimum absolute atomic E-state index is 0.281. The first-order valence-corrected chi connectivity index (χ1v) is 9.38. The Labute approximate surface area is 133 Å². The fraction of sp³-hybridized carbons (Fsp3) is 0.267. The monoisotopic (exact) mass is 369 g/mol. The molecule has 1 heterocycles. The lowest BCUT2D eigenvalue weighted by molar-refractivity contribution is 0.0863. The van der Waals surface area contributed by atoms with Crippen LogP contribution in [0.1, 0.15) is 23.2 Å². The maximum atomic E-state index is 12.6. The summed E-state index contributed by atoms with van der Waals surface area (Å²) in [5.74, 6) is -0.281. The molecule has 0 spiro atoms. The van der Waals surface area contributed by atoms with Gasteiger partial charge in [-0.2, -0.15) is 0 Å². The van der Waals surface area contributed by atoms with Gasteiger partial charge < -0.3 is 0 Å². The molecule has 4 nitrogen and oxygen atoms in total. The number of nitrogens with zero attached hydrogens (tertiary/aromatic N) is 1. The van der Waals surface area contributed by atoms with E-state index in [4.69, 9.17) is 0 Å². The zero-order chi connectivity index (χ0) is 15.0. The molecular weight excluding hydrogens is 354 g/mol. The fourth-order valence-electron chi connectivity index (χ4n) is 2.64. The van der Waals surface area contributed by atoms with Gasteiger partial charge in [0.15, 0.2) is 0 Å². The Hall–Kier alpha value is -1.08. The van der Waals surface area contributed by atoms with E-state index in [1.165, 1.54) is 4.31 Å². The number of fused-ring (bicyclic) bond motifs is 3. The number of hydrogen-bond donors (Lipinski definition) is 2. The highest BCUT2D eigenvalue weighted by Crippen LogP contribution is 2.59. The van der Waals surface area contributed by atoms with E-state index >= 15 is 0 Å². The first-order chi connectivity index (χ1) is 10.1. The van der Waals surface area contributed by atoms with Crippen molar-refractivity contribution < 1.29 is 13.9 Å². The summed E-state index contributed by atoms with van der Waals surface area (Å²) in [4.78, 5) is 13.0. The molecule has 112 valence electrons. The van der Waals surface area contributed by atoms with Gasteiger partial charge in [-0.05, 0) is 29.7 Å². The summed E-state index contributed by atoms with van der Waals surface area (Å²) in [6.45, 7) is 0.357. The normalized spacial score (nSPS) is 18.0. The van der Waals surface area contributed by atoms with Gasteiger partial charge in [-0.3, -0.25) is 13.9 Å². The lowest BCUT2D eigenvalue weighted by Gasteiger charge is -2.36. The Morgan fingerprint density at radius 2 is 1.86 bits per heavy atom. The Balaban J connectivity index is 2.08. The van der Waals surface area contributed by atoms with Crippen LogP contribution in [0, 0.1) is 0 Å². The number of carbonyl (C=O) groups is 1. The number of alkyl halides is 1. The molecule has 1 amide bonds. The van der Waals surface area contributed by atoms with Crippen molar-refractivity contribution in [2.45, 2.75) is 17.7 Å². The number of carbonyl (C=O) groups excluding carboxylic acids is 1. The molecule has 3 rings (SSSR count). The lowest BCUT2D eigenvalue weighted by atomic mass is 10.0. The van der Waals surface area contributed by atoms with E-state index in [1.807, 2.05) is 30.3 Å². The maximum absolute atomic E-state index is 12.6. The van der Waals surface area contributed by atoms with E-state index in [0.29, 0.717) is 17.0 Å². The molecule has 0 atom stereocenters. The highest BCUT2D eigenvalue weighted by Gasteiger charge is 2.41. The van der Waals surface area contributed by atoms with Crippen LogP contribution in [0.15, 0.2) is 41.3 Å². The number of hydrogen-bond acceptors (Lipinski definition) is 3. The summed E-state index contributed by atoms with van der Waals surface area (Å²) < 4.78 is 22.2. The van der Waals surface area contributed by atoms with Crippen LogP contribution in [-0.2, 0) is 0 Å². The van der Waals surface area contributed by atoms with E-state index in [0.717, 1.165) is 28.9 Å². The van der Waals surface area contributed by atoms with Crippen molar-refractivity contribution in [3.8, 4) is 0 Å². The van der Waals surface area contributed by atoms with E-state index in [1.54, 1.807) is 6.07 Å². The maximum Gasteiger partial charge on any atom is 0.274 e. The summed E-state index contributed by atoms with van der Waals surface area (Å²) in [6, 6.07) is 11.0. The van der Waals surface area contributed by atoms with Gasteiger partial charge in [0.2, 0.25) is 0 Å². The first-order valence-electron chi connectivity index (χ1n) is 6.75. The topological polar surface area (TPSA) is 60.8 Å². The van der Waals surface area contributed by atoms with Gasteiger partial charge in [0, 0.05) is 11.9 Å². The molecule has 1 aliphatic rings. The van der Waals surface area contributed by atoms with Gasteiger partial charge in [-0.25, -0.2) is 4.31 Å². The Morgan fingerprint density at radius 1 is 1.10 bits per heavy atom. The van der Waals surface area contributed by atoms with Crippen LogP contribution in [0.25, 0.3) is 10.8 Å². The van der Waals surface area contributed by atoms with Gasteiger partial charge in [-0.15, -0.1) is 0 Å². The molecule has 21 heavy (non-hydrogen) atoms. The number of halogens is 1. The number of rotatable bonds is 4. The van der Waals surface area contributed by atoms with Crippen molar-refractivity contribution in [3.05, 3.63) is 42.0 Å². The van der Waals surface area contributed by atoms with Crippen LogP contribution in [0.4, 0.5) is 0 Å². The Kier molecular flexibility index (Phi) is 3.96. The molecule has 2 N–H and O–H groups in total. The Morgan fingerprint density at radius 3 is 2.62 bits per heavy atom.